The number of carboxylic acid groups (broad SMARTS) is 1. The molecule has 0 aliphatic heterocycles. The van der Waals surface area contributed by atoms with Crippen molar-refractivity contribution >= 4 is 28.6 Å². The van der Waals surface area contributed by atoms with E-state index < -0.39 is 5.97 Å². The third-order valence-corrected chi connectivity index (χ3v) is 2.42. The van der Waals surface area contributed by atoms with Gasteiger partial charge in [0.2, 0.25) is 0 Å². The standard InChI is InChI=1S/C9H6IN3O2/c10-6-1-8(9(14)15)13(4-6)7-2-11-5-12-3-7/h1-5H,(H,14,15). The molecule has 0 unspecified atom stereocenters. The summed E-state index contributed by atoms with van der Waals surface area (Å²) in [5.74, 6) is -0.971. The van der Waals surface area contributed by atoms with Crippen LogP contribution in [-0.2, 0) is 0 Å². The first-order valence-electron chi connectivity index (χ1n) is 4.05. The summed E-state index contributed by atoms with van der Waals surface area (Å²) in [7, 11) is 0. The van der Waals surface area contributed by atoms with Crippen LogP contribution in [0.4, 0.5) is 0 Å². The maximum atomic E-state index is 10.9. The number of halogens is 1. The van der Waals surface area contributed by atoms with Crippen LogP contribution in [-0.4, -0.2) is 25.6 Å². The van der Waals surface area contributed by atoms with Crippen LogP contribution in [0.5, 0.6) is 0 Å². The van der Waals surface area contributed by atoms with Gasteiger partial charge in [-0.05, 0) is 28.7 Å². The number of hydrogen-bond donors (Lipinski definition) is 1. The fourth-order valence-corrected chi connectivity index (χ4v) is 1.80. The van der Waals surface area contributed by atoms with Crippen molar-refractivity contribution in [3.8, 4) is 5.69 Å². The Morgan fingerprint density at radius 3 is 2.67 bits per heavy atom. The van der Waals surface area contributed by atoms with Crippen molar-refractivity contribution in [3.05, 3.63) is 40.2 Å². The van der Waals surface area contributed by atoms with Crippen LogP contribution in [0.1, 0.15) is 10.5 Å². The summed E-state index contributed by atoms with van der Waals surface area (Å²) in [6, 6.07) is 1.59. The Kier molecular flexibility index (Phi) is 2.67. The number of aromatic nitrogens is 3. The van der Waals surface area contributed by atoms with E-state index in [0.29, 0.717) is 5.69 Å². The van der Waals surface area contributed by atoms with Gasteiger partial charge in [-0.3, -0.25) is 0 Å². The number of aromatic carboxylic acids is 1. The Hall–Kier alpha value is -1.44. The molecule has 0 radical (unpaired) electrons. The normalized spacial score (nSPS) is 10.2. The lowest BCUT2D eigenvalue weighted by Crippen LogP contribution is -2.05. The lowest BCUT2D eigenvalue weighted by atomic mass is 10.4. The topological polar surface area (TPSA) is 68.0 Å². The van der Waals surface area contributed by atoms with Crippen molar-refractivity contribution < 1.29 is 9.90 Å². The van der Waals surface area contributed by atoms with E-state index in [0.717, 1.165) is 3.57 Å². The fourth-order valence-electron chi connectivity index (χ4n) is 1.22. The Labute approximate surface area is 98.9 Å². The minimum atomic E-state index is -0.971. The van der Waals surface area contributed by atoms with Crippen molar-refractivity contribution in [1.82, 2.24) is 14.5 Å². The minimum Gasteiger partial charge on any atom is -0.477 e. The molecule has 0 spiro atoms. The molecule has 0 bridgehead atoms. The summed E-state index contributed by atoms with van der Waals surface area (Å²) >= 11 is 2.06. The molecule has 0 aliphatic rings. The molecule has 2 rings (SSSR count). The number of carbonyl (C=O) groups is 1. The zero-order valence-corrected chi connectivity index (χ0v) is 9.62. The van der Waals surface area contributed by atoms with E-state index in [1.807, 2.05) is 0 Å². The maximum absolute atomic E-state index is 10.9. The SMILES string of the molecule is O=C(O)c1cc(I)cn1-c1cncnc1. The summed E-state index contributed by atoms with van der Waals surface area (Å²) in [4.78, 5) is 18.6. The summed E-state index contributed by atoms with van der Waals surface area (Å²) in [5.41, 5.74) is 0.840. The van der Waals surface area contributed by atoms with Gasteiger partial charge < -0.3 is 9.67 Å². The zero-order chi connectivity index (χ0) is 10.8. The highest BCUT2D eigenvalue weighted by molar-refractivity contribution is 14.1. The van der Waals surface area contributed by atoms with Crippen molar-refractivity contribution in [2.24, 2.45) is 0 Å². The first kappa shape index (κ1) is 10.1. The molecule has 0 aromatic carbocycles. The molecule has 0 aliphatic carbocycles. The Balaban J connectivity index is 2.58. The molecular formula is C9H6IN3O2. The average Bonchev–Trinajstić information content (AvgIpc) is 2.62. The number of rotatable bonds is 2. The number of nitrogens with zero attached hydrogens (tertiary/aromatic N) is 3. The van der Waals surface area contributed by atoms with Gasteiger partial charge in [-0.25, -0.2) is 14.8 Å². The summed E-state index contributed by atoms with van der Waals surface area (Å²) in [5, 5.41) is 8.98. The van der Waals surface area contributed by atoms with Gasteiger partial charge in [-0.1, -0.05) is 0 Å². The largest absolute Gasteiger partial charge is 0.477 e. The molecule has 6 heteroatoms. The van der Waals surface area contributed by atoms with Gasteiger partial charge in [0, 0.05) is 9.77 Å². The second-order valence-corrected chi connectivity index (χ2v) is 4.06. The van der Waals surface area contributed by atoms with Gasteiger partial charge in [-0.2, -0.15) is 0 Å². The summed E-state index contributed by atoms with van der Waals surface area (Å²) in [6.45, 7) is 0. The van der Waals surface area contributed by atoms with Crippen molar-refractivity contribution in [3.63, 3.8) is 0 Å². The second kappa shape index (κ2) is 3.97. The fraction of sp³-hybridized carbons (Fsp3) is 0. The van der Waals surface area contributed by atoms with Crippen molar-refractivity contribution in [2.45, 2.75) is 0 Å². The van der Waals surface area contributed by atoms with Crippen LogP contribution in [0.25, 0.3) is 5.69 Å². The summed E-state index contributed by atoms with van der Waals surface area (Å²) in [6.07, 6.45) is 6.26. The van der Waals surface area contributed by atoms with E-state index in [4.69, 9.17) is 5.11 Å². The first-order valence-corrected chi connectivity index (χ1v) is 5.13. The Morgan fingerprint density at radius 1 is 1.40 bits per heavy atom. The van der Waals surface area contributed by atoms with E-state index in [2.05, 4.69) is 32.6 Å². The highest BCUT2D eigenvalue weighted by Gasteiger charge is 2.12. The third-order valence-electron chi connectivity index (χ3n) is 1.83. The van der Waals surface area contributed by atoms with Crippen LogP contribution in [0.3, 0.4) is 0 Å². The maximum Gasteiger partial charge on any atom is 0.352 e. The summed E-state index contributed by atoms with van der Waals surface area (Å²) < 4.78 is 2.40. The predicted octanol–water partition coefficient (Wildman–Crippen LogP) is 1.57. The van der Waals surface area contributed by atoms with E-state index in [9.17, 15) is 4.79 Å². The molecule has 1 N–H and O–H groups in total. The molecular weight excluding hydrogens is 309 g/mol. The lowest BCUT2D eigenvalue weighted by Gasteiger charge is -2.03. The van der Waals surface area contributed by atoms with Crippen LogP contribution in [0.15, 0.2) is 31.0 Å². The van der Waals surface area contributed by atoms with Crippen LogP contribution >= 0.6 is 22.6 Å². The Morgan fingerprint density at radius 2 is 2.07 bits per heavy atom. The van der Waals surface area contributed by atoms with Crippen LogP contribution in [0.2, 0.25) is 0 Å². The van der Waals surface area contributed by atoms with Crippen LogP contribution < -0.4 is 0 Å². The minimum absolute atomic E-state index is 0.203. The molecule has 76 valence electrons. The molecule has 2 heterocycles. The molecule has 0 amide bonds. The monoisotopic (exact) mass is 315 g/mol. The van der Waals surface area contributed by atoms with Gasteiger partial charge >= 0.3 is 5.97 Å². The van der Waals surface area contributed by atoms with E-state index in [1.165, 1.54) is 6.33 Å². The molecule has 5 nitrogen and oxygen atoms in total. The van der Waals surface area contributed by atoms with Gasteiger partial charge in [0.25, 0.3) is 0 Å². The highest BCUT2D eigenvalue weighted by atomic mass is 127. The molecule has 2 aromatic heterocycles. The molecule has 2 aromatic rings. The lowest BCUT2D eigenvalue weighted by molar-refractivity contribution is 0.0688. The Bertz CT molecular complexity index is 495. The molecule has 0 fully saturated rings. The van der Waals surface area contributed by atoms with Gasteiger partial charge in [0.1, 0.15) is 12.0 Å². The van der Waals surface area contributed by atoms with Gasteiger partial charge in [-0.15, -0.1) is 0 Å². The molecule has 0 saturated heterocycles. The number of hydrogen-bond acceptors (Lipinski definition) is 3. The van der Waals surface area contributed by atoms with E-state index >= 15 is 0 Å². The third kappa shape index (κ3) is 1.99. The molecule has 15 heavy (non-hydrogen) atoms. The molecule has 0 saturated carbocycles. The quantitative estimate of drug-likeness (QED) is 0.854. The smallest absolute Gasteiger partial charge is 0.352 e. The number of carboxylic acids is 1. The predicted molar refractivity (Wildman–Crippen MR) is 61.0 cm³/mol. The van der Waals surface area contributed by atoms with Gasteiger partial charge in [0.15, 0.2) is 0 Å². The van der Waals surface area contributed by atoms with E-state index in [1.54, 1.807) is 29.2 Å². The molecule has 0 atom stereocenters. The second-order valence-electron chi connectivity index (χ2n) is 2.82. The average molecular weight is 315 g/mol. The van der Waals surface area contributed by atoms with Crippen LogP contribution in [0, 0.1) is 3.57 Å². The first-order chi connectivity index (χ1) is 7.18. The highest BCUT2D eigenvalue weighted by Crippen LogP contribution is 2.15. The van der Waals surface area contributed by atoms with Crippen molar-refractivity contribution in [1.29, 1.82) is 0 Å². The van der Waals surface area contributed by atoms with E-state index in [-0.39, 0.29) is 5.69 Å². The van der Waals surface area contributed by atoms with Gasteiger partial charge in [0.05, 0.1) is 18.1 Å². The van der Waals surface area contributed by atoms with Crippen molar-refractivity contribution in [2.75, 3.05) is 0 Å². The zero-order valence-electron chi connectivity index (χ0n) is 7.46.